The number of amides is 1. The van der Waals surface area contributed by atoms with E-state index in [1.807, 2.05) is 51.1 Å². The molecule has 9 heteroatoms. The number of nitrogens with two attached hydrogens (primary N) is 1. The Bertz CT molecular complexity index is 1030. The lowest BCUT2D eigenvalue weighted by Gasteiger charge is -2.22. The van der Waals surface area contributed by atoms with Crippen molar-refractivity contribution < 1.29 is 27.3 Å². The first-order valence-corrected chi connectivity index (χ1v) is 13.7. The monoisotopic (exact) mass is 520 g/mol. The van der Waals surface area contributed by atoms with E-state index in [1.165, 1.54) is 12.1 Å². The summed E-state index contributed by atoms with van der Waals surface area (Å²) in [5.41, 5.74) is 7.94. The van der Waals surface area contributed by atoms with Crippen molar-refractivity contribution in [3.63, 3.8) is 0 Å². The molecule has 2 rings (SSSR count). The highest BCUT2D eigenvalue weighted by molar-refractivity contribution is 7.85. The fraction of sp³-hybridized carbons (Fsp3) is 0.481. The Morgan fingerprint density at radius 2 is 1.67 bits per heavy atom. The minimum absolute atomic E-state index is 0.0118. The largest absolute Gasteiger partial charge is 0.369 e. The maximum absolute atomic E-state index is 12.5. The second kappa shape index (κ2) is 16.2. The van der Waals surface area contributed by atoms with Crippen molar-refractivity contribution in [1.82, 2.24) is 5.32 Å². The predicted octanol–water partition coefficient (Wildman–Crippen LogP) is 4.06. The summed E-state index contributed by atoms with van der Waals surface area (Å²) in [7, 11) is -4.02. The second-order valence-corrected chi connectivity index (χ2v) is 10.3. The first-order chi connectivity index (χ1) is 17.0. The van der Waals surface area contributed by atoms with Gasteiger partial charge in [0.25, 0.3) is 10.1 Å². The normalized spacial score (nSPS) is 13.6. The number of rotatable bonds is 13. The summed E-state index contributed by atoms with van der Waals surface area (Å²) in [6, 6.07) is 14.6. The van der Waals surface area contributed by atoms with E-state index in [1.54, 1.807) is 12.1 Å². The molecule has 4 N–H and O–H groups in total. The molecule has 1 amide bonds. The summed E-state index contributed by atoms with van der Waals surface area (Å²) >= 11 is 0. The smallest absolute Gasteiger partial charge is 0.294 e. The lowest BCUT2D eigenvalue weighted by molar-refractivity contribution is -0.131. The fourth-order valence-electron chi connectivity index (χ4n) is 3.16. The summed E-state index contributed by atoms with van der Waals surface area (Å²) < 4.78 is 35.1. The minimum Gasteiger partial charge on any atom is -0.369 e. The first kappa shape index (κ1) is 31.4. The van der Waals surface area contributed by atoms with E-state index in [0.29, 0.717) is 13.0 Å². The van der Waals surface area contributed by atoms with Gasteiger partial charge in [-0.3, -0.25) is 14.1 Å². The molecule has 0 saturated heterocycles. The van der Waals surface area contributed by atoms with Gasteiger partial charge < -0.3 is 15.8 Å². The predicted molar refractivity (Wildman–Crippen MR) is 141 cm³/mol. The maximum atomic E-state index is 12.5. The summed E-state index contributed by atoms with van der Waals surface area (Å²) in [5, 5.41) is 2.82. The Morgan fingerprint density at radius 1 is 1.06 bits per heavy atom. The van der Waals surface area contributed by atoms with E-state index in [0.717, 1.165) is 30.4 Å². The highest BCUT2D eigenvalue weighted by atomic mass is 32.2. The topological polar surface area (TPSA) is 136 Å². The van der Waals surface area contributed by atoms with Crippen molar-refractivity contribution in [1.29, 1.82) is 0 Å². The van der Waals surface area contributed by atoms with Gasteiger partial charge in [0, 0.05) is 0 Å². The zero-order chi connectivity index (χ0) is 27.1. The first-order valence-electron chi connectivity index (χ1n) is 12.2. The highest BCUT2D eigenvalue weighted by Gasteiger charge is 2.25. The fourth-order valence-corrected chi connectivity index (χ4v) is 3.64. The molecule has 0 fully saturated rings. The van der Waals surface area contributed by atoms with E-state index in [-0.39, 0.29) is 29.1 Å². The number of ketones is 1. The Kier molecular flexibility index (Phi) is 14.2. The van der Waals surface area contributed by atoms with Crippen LogP contribution in [0.15, 0.2) is 59.5 Å². The summed E-state index contributed by atoms with van der Waals surface area (Å²) in [6.07, 6.45) is 3.27. The molecule has 0 aliphatic carbocycles. The minimum atomic E-state index is -4.02. The molecule has 0 aliphatic rings. The van der Waals surface area contributed by atoms with Crippen LogP contribution in [0.25, 0.3) is 0 Å². The van der Waals surface area contributed by atoms with Crippen molar-refractivity contribution in [2.75, 3.05) is 6.61 Å². The second-order valence-electron chi connectivity index (χ2n) is 8.85. The molecule has 2 aromatic rings. The molecule has 0 aliphatic heterocycles. The van der Waals surface area contributed by atoms with Crippen LogP contribution >= 0.6 is 0 Å². The number of ether oxygens (including phenoxy) is 1. The van der Waals surface area contributed by atoms with Crippen LogP contribution in [0.5, 0.6) is 0 Å². The van der Waals surface area contributed by atoms with Crippen LogP contribution in [0, 0.1) is 12.8 Å². The Hall–Kier alpha value is -2.59. The molecule has 0 heterocycles. The quantitative estimate of drug-likeness (QED) is 0.339. The van der Waals surface area contributed by atoms with E-state index in [2.05, 4.69) is 12.2 Å². The van der Waals surface area contributed by atoms with Gasteiger partial charge >= 0.3 is 0 Å². The van der Waals surface area contributed by atoms with E-state index in [9.17, 15) is 18.0 Å². The molecule has 0 bridgehead atoms. The number of nitrogens with one attached hydrogen (secondary N) is 1. The van der Waals surface area contributed by atoms with Crippen molar-refractivity contribution in [2.45, 2.75) is 77.0 Å². The van der Waals surface area contributed by atoms with Gasteiger partial charge in [-0.25, -0.2) is 0 Å². The molecule has 2 aromatic carbocycles. The lowest BCUT2D eigenvalue weighted by atomic mass is 9.98. The maximum Gasteiger partial charge on any atom is 0.294 e. The van der Waals surface area contributed by atoms with E-state index >= 15 is 0 Å². The molecule has 8 nitrogen and oxygen atoms in total. The van der Waals surface area contributed by atoms with E-state index < -0.39 is 22.2 Å². The van der Waals surface area contributed by atoms with Crippen molar-refractivity contribution in [3.8, 4) is 0 Å². The number of unbranched alkanes of at least 4 members (excludes halogenated alkanes) is 1. The molecule has 3 unspecified atom stereocenters. The molecule has 0 spiro atoms. The lowest BCUT2D eigenvalue weighted by Crippen LogP contribution is -2.51. The molecule has 0 radical (unpaired) electrons. The standard InChI is InChI=1S/C20H32N2O3.C7H8O3S/c1-4-6-12-17(22-20(24)19(21)15(3)5-2)18(23)14-25-13-16-10-8-7-9-11-16;1-6-2-4-7(5-3-6)11(8,9)10/h7-11,15,17,19H,4-6,12-14,21H2,1-3H3,(H,22,24);2-5H,1H3,(H,8,9,10). The van der Waals surface area contributed by atoms with Gasteiger partial charge in [0.05, 0.1) is 23.6 Å². The SMILES string of the molecule is CCCCC(NC(=O)C(N)C(C)CC)C(=O)COCc1ccccc1.Cc1ccc(S(=O)(=O)O)cc1. The number of carbonyl (C=O) groups excluding carboxylic acids is 2. The number of Topliss-reactive ketones (excluding diaryl/α,β-unsaturated/α-hetero) is 1. The Labute approximate surface area is 215 Å². The van der Waals surface area contributed by atoms with E-state index in [4.69, 9.17) is 15.0 Å². The van der Waals surface area contributed by atoms with Gasteiger partial charge in [-0.1, -0.05) is 88.1 Å². The molecule has 36 heavy (non-hydrogen) atoms. The number of hydrogen-bond donors (Lipinski definition) is 3. The summed E-state index contributed by atoms with van der Waals surface area (Å²) in [4.78, 5) is 24.7. The highest BCUT2D eigenvalue weighted by Crippen LogP contribution is 2.10. The zero-order valence-corrected chi connectivity index (χ0v) is 22.5. The summed E-state index contributed by atoms with van der Waals surface area (Å²) in [6.45, 7) is 8.20. The molecule has 0 aromatic heterocycles. The van der Waals surface area contributed by atoms with Crippen molar-refractivity contribution >= 4 is 21.8 Å². The van der Waals surface area contributed by atoms with Gasteiger partial charge in [-0.15, -0.1) is 0 Å². The van der Waals surface area contributed by atoms with Crippen LogP contribution in [-0.2, 0) is 31.1 Å². The third-order valence-corrected chi connectivity index (χ3v) is 6.65. The molecule has 3 atom stereocenters. The van der Waals surface area contributed by atoms with Crippen molar-refractivity contribution in [2.24, 2.45) is 11.7 Å². The number of aryl methyl sites for hydroxylation is 1. The number of benzene rings is 2. The van der Waals surface area contributed by atoms with Crippen LogP contribution in [0.4, 0.5) is 0 Å². The zero-order valence-electron chi connectivity index (χ0n) is 21.6. The van der Waals surface area contributed by atoms with Gasteiger partial charge in [0.1, 0.15) is 6.61 Å². The third-order valence-electron chi connectivity index (χ3n) is 5.79. The summed E-state index contributed by atoms with van der Waals surface area (Å²) in [5.74, 6) is -0.280. The molecule has 200 valence electrons. The van der Waals surface area contributed by atoms with Crippen LogP contribution < -0.4 is 11.1 Å². The van der Waals surface area contributed by atoms with Gasteiger partial charge in [0.2, 0.25) is 5.91 Å². The average molecular weight is 521 g/mol. The van der Waals surface area contributed by atoms with Crippen molar-refractivity contribution in [3.05, 3.63) is 65.7 Å². The molecular formula is C27H40N2O6S. The van der Waals surface area contributed by atoms with Crippen LogP contribution in [0.2, 0.25) is 0 Å². The number of carbonyl (C=O) groups is 2. The average Bonchev–Trinajstić information content (AvgIpc) is 2.86. The van der Waals surface area contributed by atoms with Crippen LogP contribution in [0.1, 0.15) is 57.6 Å². The van der Waals surface area contributed by atoms with Crippen LogP contribution in [0.3, 0.4) is 0 Å². The van der Waals surface area contributed by atoms with Crippen LogP contribution in [-0.4, -0.2) is 43.4 Å². The Balaban J connectivity index is 0.000000488. The third kappa shape index (κ3) is 11.9. The van der Waals surface area contributed by atoms with Gasteiger partial charge in [0.15, 0.2) is 5.78 Å². The van der Waals surface area contributed by atoms with Gasteiger partial charge in [-0.05, 0) is 37.0 Å². The number of hydrogen-bond acceptors (Lipinski definition) is 6. The Morgan fingerprint density at radius 3 is 2.19 bits per heavy atom. The van der Waals surface area contributed by atoms with Gasteiger partial charge in [-0.2, -0.15) is 8.42 Å². The molecular weight excluding hydrogens is 480 g/mol. The molecule has 0 saturated carbocycles.